The lowest BCUT2D eigenvalue weighted by atomic mass is 9.99. The van der Waals surface area contributed by atoms with Crippen molar-refractivity contribution in [2.75, 3.05) is 5.32 Å². The summed E-state index contributed by atoms with van der Waals surface area (Å²) in [5, 5.41) is 16.4. The van der Waals surface area contributed by atoms with Crippen molar-refractivity contribution in [3.63, 3.8) is 0 Å². The Balaban J connectivity index is 1.79. The van der Waals surface area contributed by atoms with Crippen LogP contribution in [0.2, 0.25) is 0 Å². The van der Waals surface area contributed by atoms with Crippen LogP contribution >= 0.6 is 11.3 Å². The summed E-state index contributed by atoms with van der Waals surface area (Å²) in [6.07, 6.45) is 2.79. The van der Waals surface area contributed by atoms with E-state index in [9.17, 15) is 14.9 Å². The van der Waals surface area contributed by atoms with E-state index >= 15 is 0 Å². The minimum absolute atomic E-state index is 0.250. The lowest BCUT2D eigenvalue weighted by Crippen LogP contribution is -2.32. The van der Waals surface area contributed by atoms with Gasteiger partial charge in [0.1, 0.15) is 28.3 Å². The molecule has 1 aromatic carbocycles. The molecule has 8 nitrogen and oxygen atoms in total. The van der Waals surface area contributed by atoms with E-state index in [0.717, 1.165) is 21.6 Å². The minimum Gasteiger partial charge on any atom is -0.308 e. The summed E-state index contributed by atoms with van der Waals surface area (Å²) < 4.78 is 2.74. The molecule has 0 radical (unpaired) electrons. The molecule has 1 N–H and O–H groups in total. The molecule has 4 rings (SSSR count). The van der Waals surface area contributed by atoms with Crippen LogP contribution in [0.4, 0.5) is 5.82 Å². The molecular weight excluding hydrogens is 424 g/mol. The third-order valence-corrected chi connectivity index (χ3v) is 6.72. The second-order valence-corrected chi connectivity index (χ2v) is 8.98. The van der Waals surface area contributed by atoms with Crippen molar-refractivity contribution in [1.82, 2.24) is 19.3 Å². The highest BCUT2D eigenvalue weighted by atomic mass is 32.1. The van der Waals surface area contributed by atoms with Crippen LogP contribution in [-0.2, 0) is 11.8 Å². The van der Waals surface area contributed by atoms with E-state index in [1.807, 2.05) is 39.0 Å². The number of rotatable bonds is 4. The Bertz CT molecular complexity index is 1470. The Kier molecular flexibility index (Phi) is 5.40. The number of nitrogens with zero attached hydrogens (tertiary/aromatic N) is 5. The maximum Gasteiger partial charge on any atom is 0.263 e. The number of benzene rings is 1. The molecule has 0 aliphatic carbocycles. The molecule has 162 valence electrons. The zero-order valence-electron chi connectivity index (χ0n) is 18.4. The summed E-state index contributed by atoms with van der Waals surface area (Å²) in [5.74, 6) is -0.151. The van der Waals surface area contributed by atoms with Gasteiger partial charge in [-0.05, 0) is 44.4 Å². The predicted molar refractivity (Wildman–Crippen MR) is 125 cm³/mol. The molecule has 0 aliphatic heterocycles. The maximum atomic E-state index is 13.5. The molecule has 0 bridgehead atoms. The number of carbonyl (C=O) groups excluding carboxylic acids is 1. The van der Waals surface area contributed by atoms with Gasteiger partial charge in [0.05, 0.1) is 17.9 Å². The molecule has 0 fully saturated rings. The van der Waals surface area contributed by atoms with E-state index in [0.29, 0.717) is 10.2 Å². The molecule has 3 aromatic heterocycles. The van der Waals surface area contributed by atoms with E-state index in [-0.39, 0.29) is 16.9 Å². The topological polar surface area (TPSA) is 106 Å². The standard InChI is InChI=1S/C23H22N6O2S/c1-12-6-7-16(8-13(12)2)18-15(4)32-22-19(18)23(31)29(11-25-22)14(3)21(30)27-20-17(9-24)10-26-28(20)5/h6-8,10-11,14H,1-5H3,(H,27,30). The van der Waals surface area contributed by atoms with Gasteiger partial charge in [0.2, 0.25) is 5.91 Å². The highest BCUT2D eigenvalue weighted by Crippen LogP contribution is 2.36. The number of aryl methyl sites for hydroxylation is 4. The van der Waals surface area contributed by atoms with Crippen LogP contribution in [0.5, 0.6) is 0 Å². The molecule has 4 aromatic rings. The van der Waals surface area contributed by atoms with Gasteiger partial charge < -0.3 is 5.32 Å². The normalized spacial score (nSPS) is 12.0. The fourth-order valence-corrected chi connectivity index (χ4v) is 4.65. The number of nitrogens with one attached hydrogen (secondary N) is 1. The van der Waals surface area contributed by atoms with Crippen molar-refractivity contribution in [3.8, 4) is 17.2 Å². The number of nitriles is 1. The average molecular weight is 447 g/mol. The molecule has 1 amide bonds. The molecule has 1 unspecified atom stereocenters. The van der Waals surface area contributed by atoms with Gasteiger partial charge in [0.15, 0.2) is 0 Å². The highest BCUT2D eigenvalue weighted by Gasteiger charge is 2.23. The molecule has 1 atom stereocenters. The lowest BCUT2D eigenvalue weighted by Gasteiger charge is -2.15. The van der Waals surface area contributed by atoms with Crippen LogP contribution in [0.15, 0.2) is 35.5 Å². The van der Waals surface area contributed by atoms with Crippen LogP contribution in [0.3, 0.4) is 0 Å². The van der Waals surface area contributed by atoms with Crippen molar-refractivity contribution in [1.29, 1.82) is 5.26 Å². The summed E-state index contributed by atoms with van der Waals surface area (Å²) in [6.45, 7) is 7.69. The van der Waals surface area contributed by atoms with Gasteiger partial charge in [-0.1, -0.05) is 18.2 Å². The zero-order chi connectivity index (χ0) is 23.2. The first-order valence-electron chi connectivity index (χ1n) is 10.0. The Morgan fingerprint density at radius 1 is 1.25 bits per heavy atom. The quantitative estimate of drug-likeness (QED) is 0.512. The van der Waals surface area contributed by atoms with Crippen molar-refractivity contribution >= 4 is 33.3 Å². The van der Waals surface area contributed by atoms with Crippen LogP contribution in [0, 0.1) is 32.1 Å². The Hall–Kier alpha value is -3.77. The van der Waals surface area contributed by atoms with Crippen LogP contribution in [0.1, 0.15) is 34.5 Å². The smallest absolute Gasteiger partial charge is 0.263 e. The van der Waals surface area contributed by atoms with Crippen molar-refractivity contribution in [2.45, 2.75) is 33.7 Å². The van der Waals surface area contributed by atoms with Gasteiger partial charge in [0, 0.05) is 17.5 Å². The summed E-state index contributed by atoms with van der Waals surface area (Å²) in [7, 11) is 1.63. The fourth-order valence-electron chi connectivity index (χ4n) is 3.65. The first kappa shape index (κ1) is 21.5. The van der Waals surface area contributed by atoms with Gasteiger partial charge in [-0.3, -0.25) is 18.8 Å². The van der Waals surface area contributed by atoms with E-state index < -0.39 is 11.9 Å². The van der Waals surface area contributed by atoms with E-state index in [1.54, 1.807) is 14.0 Å². The molecule has 3 heterocycles. The van der Waals surface area contributed by atoms with Crippen LogP contribution < -0.4 is 10.9 Å². The van der Waals surface area contributed by atoms with Crippen molar-refractivity contribution in [3.05, 3.63) is 62.6 Å². The van der Waals surface area contributed by atoms with E-state index in [2.05, 4.69) is 21.5 Å². The summed E-state index contributed by atoms with van der Waals surface area (Å²) in [6, 6.07) is 7.28. The SMILES string of the molecule is Cc1ccc(-c2c(C)sc3ncn(C(C)C(=O)Nc4c(C#N)cnn4C)c(=O)c23)cc1C. The number of hydrogen-bond donors (Lipinski definition) is 1. The lowest BCUT2D eigenvalue weighted by molar-refractivity contribution is -0.118. The second-order valence-electron chi connectivity index (χ2n) is 7.78. The van der Waals surface area contributed by atoms with Gasteiger partial charge in [0.25, 0.3) is 5.56 Å². The third kappa shape index (κ3) is 3.48. The predicted octanol–water partition coefficient (Wildman–Crippen LogP) is 3.86. The number of thiophene rings is 1. The summed E-state index contributed by atoms with van der Waals surface area (Å²) >= 11 is 1.46. The van der Waals surface area contributed by atoms with E-state index in [4.69, 9.17) is 0 Å². The third-order valence-electron chi connectivity index (χ3n) is 5.71. The van der Waals surface area contributed by atoms with Gasteiger partial charge >= 0.3 is 0 Å². The highest BCUT2D eigenvalue weighted by molar-refractivity contribution is 7.19. The van der Waals surface area contributed by atoms with Crippen LogP contribution in [0.25, 0.3) is 21.3 Å². The van der Waals surface area contributed by atoms with E-state index in [1.165, 1.54) is 38.7 Å². The largest absolute Gasteiger partial charge is 0.308 e. The zero-order valence-corrected chi connectivity index (χ0v) is 19.2. The first-order chi connectivity index (χ1) is 15.2. The first-order valence-corrected chi connectivity index (χ1v) is 10.9. The summed E-state index contributed by atoms with van der Waals surface area (Å²) in [4.78, 5) is 32.5. The second kappa shape index (κ2) is 8.05. The minimum atomic E-state index is -0.839. The number of fused-ring (bicyclic) bond motifs is 1. The number of amides is 1. The van der Waals surface area contributed by atoms with Gasteiger partial charge in [-0.25, -0.2) is 4.98 Å². The molecule has 0 aliphatic rings. The average Bonchev–Trinajstić information content (AvgIpc) is 3.29. The Labute approximate surface area is 188 Å². The molecule has 9 heteroatoms. The maximum absolute atomic E-state index is 13.5. The number of hydrogen-bond acceptors (Lipinski definition) is 6. The summed E-state index contributed by atoms with van der Waals surface area (Å²) in [5.41, 5.74) is 4.10. The Morgan fingerprint density at radius 2 is 2.00 bits per heavy atom. The van der Waals surface area contributed by atoms with Gasteiger partial charge in [-0.2, -0.15) is 10.4 Å². The van der Waals surface area contributed by atoms with Crippen molar-refractivity contribution < 1.29 is 4.79 Å². The molecule has 0 saturated heterocycles. The molecule has 0 saturated carbocycles. The monoisotopic (exact) mass is 446 g/mol. The van der Waals surface area contributed by atoms with Gasteiger partial charge in [-0.15, -0.1) is 11.3 Å². The number of anilines is 1. The molecular formula is C23H22N6O2S. The molecule has 32 heavy (non-hydrogen) atoms. The molecule has 0 spiro atoms. The van der Waals surface area contributed by atoms with Crippen molar-refractivity contribution in [2.24, 2.45) is 7.05 Å². The van der Waals surface area contributed by atoms with Crippen LogP contribution in [-0.4, -0.2) is 25.2 Å². The number of aromatic nitrogens is 4. The fraction of sp³-hybridized carbons (Fsp3) is 0.261. The number of carbonyl (C=O) groups is 1. The Morgan fingerprint density at radius 3 is 2.69 bits per heavy atom.